The summed E-state index contributed by atoms with van der Waals surface area (Å²) in [5, 5.41) is 22.7. The molecular formula is C27H35NO4S2. The Morgan fingerprint density at radius 1 is 1.29 bits per heavy atom. The standard InChI is InChI=1S/C27H35NO4S2/c1-16(2)27(10-8-19-9-11-33-24(19)15-29)14-22(30)25(26(31)32-27)34-23-12-17(3)21(28)13-20(23)18-6-4-5-7-18/h9,11-13,16,18,29-30H,4-8,10,14-15,28H2,1-3H3. The number of hydrogen-bond acceptors (Lipinski definition) is 7. The van der Waals surface area contributed by atoms with E-state index in [1.807, 2.05) is 38.3 Å². The topological polar surface area (TPSA) is 92.8 Å². The molecule has 1 aromatic heterocycles. The van der Waals surface area contributed by atoms with E-state index in [9.17, 15) is 15.0 Å². The number of esters is 1. The molecule has 1 aromatic carbocycles. The van der Waals surface area contributed by atoms with Gasteiger partial charge in [0.25, 0.3) is 0 Å². The first-order chi connectivity index (χ1) is 16.2. The van der Waals surface area contributed by atoms with Gasteiger partial charge in [0.05, 0.1) is 6.61 Å². The number of anilines is 1. The SMILES string of the molecule is Cc1cc(SC2=C(O)CC(CCc3ccsc3CO)(C(C)C)OC2=O)c(C2CCCC2)cc1N. The van der Waals surface area contributed by atoms with Crippen molar-refractivity contribution in [3.63, 3.8) is 0 Å². The molecular weight excluding hydrogens is 466 g/mol. The molecule has 2 aromatic rings. The van der Waals surface area contributed by atoms with Gasteiger partial charge < -0.3 is 20.7 Å². The Morgan fingerprint density at radius 3 is 2.68 bits per heavy atom. The van der Waals surface area contributed by atoms with Crippen molar-refractivity contribution in [3.05, 3.63) is 55.8 Å². The first-order valence-electron chi connectivity index (χ1n) is 12.1. The highest BCUT2D eigenvalue weighted by molar-refractivity contribution is 8.04. The minimum Gasteiger partial charge on any atom is -0.511 e. The Balaban J connectivity index is 1.60. The fraction of sp³-hybridized carbons (Fsp3) is 0.519. The normalized spacial score (nSPS) is 21.5. The van der Waals surface area contributed by atoms with Gasteiger partial charge in [0.2, 0.25) is 0 Å². The predicted molar refractivity (Wildman–Crippen MR) is 139 cm³/mol. The van der Waals surface area contributed by atoms with Crippen molar-refractivity contribution >= 4 is 34.8 Å². The van der Waals surface area contributed by atoms with Gasteiger partial charge in [0.15, 0.2) is 0 Å². The lowest BCUT2D eigenvalue weighted by Gasteiger charge is -2.40. The molecule has 0 radical (unpaired) electrons. The Morgan fingerprint density at radius 2 is 2.03 bits per heavy atom. The Hall–Kier alpha value is -1.96. The van der Waals surface area contributed by atoms with Crippen molar-refractivity contribution in [2.75, 3.05) is 5.73 Å². The van der Waals surface area contributed by atoms with E-state index in [1.165, 1.54) is 41.5 Å². The third kappa shape index (κ3) is 5.02. The highest BCUT2D eigenvalue weighted by Gasteiger charge is 2.44. The molecule has 0 spiro atoms. The van der Waals surface area contributed by atoms with Crippen LogP contribution >= 0.6 is 23.1 Å². The highest BCUT2D eigenvalue weighted by Crippen LogP contribution is 2.47. The first-order valence-corrected chi connectivity index (χ1v) is 13.8. The largest absolute Gasteiger partial charge is 0.511 e. The second kappa shape index (κ2) is 10.3. The molecule has 34 heavy (non-hydrogen) atoms. The summed E-state index contributed by atoms with van der Waals surface area (Å²) < 4.78 is 6.12. The lowest BCUT2D eigenvalue weighted by Crippen LogP contribution is -2.44. The van der Waals surface area contributed by atoms with Gasteiger partial charge in [-0.05, 0) is 84.7 Å². The minimum atomic E-state index is -0.773. The average Bonchev–Trinajstić information content (AvgIpc) is 3.48. The number of nitrogen functional groups attached to an aromatic ring is 1. The van der Waals surface area contributed by atoms with E-state index >= 15 is 0 Å². The summed E-state index contributed by atoms with van der Waals surface area (Å²) in [7, 11) is 0. The van der Waals surface area contributed by atoms with E-state index in [2.05, 4.69) is 6.07 Å². The van der Waals surface area contributed by atoms with E-state index in [-0.39, 0.29) is 23.2 Å². The van der Waals surface area contributed by atoms with Crippen LogP contribution in [0.1, 0.15) is 79.9 Å². The molecule has 0 amide bonds. The van der Waals surface area contributed by atoms with Crippen LogP contribution in [-0.4, -0.2) is 21.8 Å². The summed E-state index contributed by atoms with van der Waals surface area (Å²) in [6.07, 6.45) is 6.24. The summed E-state index contributed by atoms with van der Waals surface area (Å²) in [6, 6.07) is 6.11. The van der Waals surface area contributed by atoms with Gasteiger partial charge >= 0.3 is 5.97 Å². The number of aryl methyl sites for hydroxylation is 2. The molecule has 0 bridgehead atoms. The van der Waals surface area contributed by atoms with E-state index in [4.69, 9.17) is 10.5 Å². The van der Waals surface area contributed by atoms with Crippen LogP contribution in [0.15, 0.2) is 39.1 Å². The van der Waals surface area contributed by atoms with Crippen molar-refractivity contribution in [1.29, 1.82) is 0 Å². The van der Waals surface area contributed by atoms with Crippen molar-refractivity contribution in [1.82, 2.24) is 0 Å². The number of carbonyl (C=O) groups excluding carboxylic acids is 1. The minimum absolute atomic E-state index is 0.0116. The maximum absolute atomic E-state index is 13.3. The Bertz CT molecular complexity index is 1080. The number of rotatable bonds is 8. The number of carbonyl (C=O) groups is 1. The zero-order valence-corrected chi connectivity index (χ0v) is 21.9. The molecule has 7 heteroatoms. The monoisotopic (exact) mass is 501 g/mol. The van der Waals surface area contributed by atoms with Crippen LogP contribution in [0, 0.1) is 12.8 Å². The van der Waals surface area contributed by atoms with E-state index in [0.29, 0.717) is 25.2 Å². The fourth-order valence-corrected chi connectivity index (χ4v) is 7.05. The summed E-state index contributed by atoms with van der Waals surface area (Å²) in [6.45, 7) is 6.04. The van der Waals surface area contributed by atoms with Crippen LogP contribution in [0.4, 0.5) is 5.69 Å². The van der Waals surface area contributed by atoms with Crippen molar-refractivity contribution < 1.29 is 19.7 Å². The lowest BCUT2D eigenvalue weighted by molar-refractivity contribution is -0.164. The maximum atomic E-state index is 13.3. The number of hydrogen-bond donors (Lipinski definition) is 3. The number of thiophene rings is 1. The molecule has 184 valence electrons. The molecule has 1 saturated carbocycles. The molecule has 5 nitrogen and oxygen atoms in total. The number of benzene rings is 1. The molecule has 1 atom stereocenters. The average molecular weight is 502 g/mol. The van der Waals surface area contributed by atoms with Crippen LogP contribution in [0.25, 0.3) is 0 Å². The van der Waals surface area contributed by atoms with Gasteiger partial charge in [-0.25, -0.2) is 4.79 Å². The maximum Gasteiger partial charge on any atom is 0.349 e. The summed E-state index contributed by atoms with van der Waals surface area (Å²) in [5.74, 6) is 0.125. The zero-order valence-electron chi connectivity index (χ0n) is 20.2. The Kier molecular flexibility index (Phi) is 7.65. The van der Waals surface area contributed by atoms with Crippen molar-refractivity contribution in [3.8, 4) is 0 Å². The summed E-state index contributed by atoms with van der Waals surface area (Å²) in [4.78, 5) is 15.5. The van der Waals surface area contributed by atoms with Gasteiger partial charge in [0, 0.05) is 21.9 Å². The number of thioether (sulfide) groups is 1. The molecule has 4 N–H and O–H groups in total. The molecule has 2 aliphatic rings. The summed E-state index contributed by atoms with van der Waals surface area (Å²) in [5.41, 5.74) is 9.45. The van der Waals surface area contributed by atoms with Crippen LogP contribution in [0.5, 0.6) is 0 Å². The Labute approximate surface area is 210 Å². The van der Waals surface area contributed by atoms with E-state index in [0.717, 1.165) is 39.4 Å². The first kappa shape index (κ1) is 25.1. The lowest BCUT2D eigenvalue weighted by atomic mass is 9.80. The van der Waals surface area contributed by atoms with E-state index in [1.54, 1.807) is 0 Å². The third-order valence-electron chi connectivity index (χ3n) is 7.47. The fourth-order valence-electron chi connectivity index (χ4n) is 5.14. The number of aliphatic hydroxyl groups is 2. The zero-order chi connectivity index (χ0) is 24.5. The van der Waals surface area contributed by atoms with Gasteiger partial charge in [0.1, 0.15) is 16.3 Å². The van der Waals surface area contributed by atoms with Crippen molar-refractivity contribution in [2.24, 2.45) is 5.92 Å². The van der Waals surface area contributed by atoms with Gasteiger partial charge in [-0.1, -0.05) is 38.5 Å². The van der Waals surface area contributed by atoms with Gasteiger partial charge in [-0.2, -0.15) is 0 Å². The molecule has 0 saturated heterocycles. The molecule has 4 rings (SSSR count). The van der Waals surface area contributed by atoms with E-state index < -0.39 is 11.6 Å². The van der Waals surface area contributed by atoms with Gasteiger partial charge in [-0.15, -0.1) is 11.3 Å². The van der Waals surface area contributed by atoms with Crippen LogP contribution in [0.3, 0.4) is 0 Å². The number of nitrogens with two attached hydrogens (primary N) is 1. The number of ether oxygens (including phenoxy) is 1. The molecule has 1 aliphatic heterocycles. The summed E-state index contributed by atoms with van der Waals surface area (Å²) >= 11 is 2.85. The number of cyclic esters (lactones) is 1. The smallest absolute Gasteiger partial charge is 0.349 e. The molecule has 1 fully saturated rings. The molecule has 1 aliphatic carbocycles. The van der Waals surface area contributed by atoms with Crippen LogP contribution in [-0.2, 0) is 22.6 Å². The highest BCUT2D eigenvalue weighted by atomic mass is 32.2. The second-order valence-electron chi connectivity index (χ2n) is 9.92. The van der Waals surface area contributed by atoms with Crippen LogP contribution < -0.4 is 5.73 Å². The second-order valence-corrected chi connectivity index (χ2v) is 12.0. The van der Waals surface area contributed by atoms with Crippen molar-refractivity contribution in [2.45, 2.75) is 88.7 Å². The van der Waals surface area contributed by atoms with Crippen LogP contribution in [0.2, 0.25) is 0 Å². The quantitative estimate of drug-likeness (QED) is 0.278. The third-order valence-corrected chi connectivity index (χ3v) is 9.59. The number of aliphatic hydroxyl groups excluding tert-OH is 2. The molecule has 1 unspecified atom stereocenters. The predicted octanol–water partition coefficient (Wildman–Crippen LogP) is 6.62. The molecule has 2 heterocycles. The van der Waals surface area contributed by atoms with Gasteiger partial charge in [-0.3, -0.25) is 0 Å².